The van der Waals surface area contributed by atoms with Gasteiger partial charge < -0.3 is 19.6 Å². The molecule has 9 nitrogen and oxygen atoms in total. The lowest BCUT2D eigenvalue weighted by molar-refractivity contribution is -0.131. The molecule has 1 N–H and O–H groups in total. The zero-order valence-corrected chi connectivity index (χ0v) is 20.1. The van der Waals surface area contributed by atoms with Crippen LogP contribution >= 0.6 is 22.9 Å². The van der Waals surface area contributed by atoms with E-state index in [-0.39, 0.29) is 24.3 Å². The molecule has 33 heavy (non-hydrogen) atoms. The Hall–Kier alpha value is -2.85. The summed E-state index contributed by atoms with van der Waals surface area (Å²) in [6, 6.07) is 7.50. The Morgan fingerprint density at radius 1 is 0.970 bits per heavy atom. The molecule has 2 aliphatic rings. The van der Waals surface area contributed by atoms with Crippen molar-refractivity contribution in [2.75, 3.05) is 62.6 Å². The van der Waals surface area contributed by atoms with Gasteiger partial charge in [0.25, 0.3) is 0 Å². The molecule has 1 aromatic carbocycles. The highest BCUT2D eigenvalue weighted by Crippen LogP contribution is 2.26. The first kappa shape index (κ1) is 23.3. The summed E-state index contributed by atoms with van der Waals surface area (Å²) >= 11 is 7.60. The zero-order valence-electron chi connectivity index (χ0n) is 18.5. The Kier molecular flexibility index (Phi) is 7.34. The Balaban J connectivity index is 1.24. The lowest BCUT2D eigenvalue weighted by Gasteiger charge is -2.36. The van der Waals surface area contributed by atoms with E-state index in [1.54, 1.807) is 15.2 Å². The van der Waals surface area contributed by atoms with E-state index < -0.39 is 0 Å². The molecule has 0 atom stereocenters. The molecule has 2 saturated heterocycles. The van der Waals surface area contributed by atoms with Crippen LogP contribution in [0.25, 0.3) is 0 Å². The summed E-state index contributed by atoms with van der Waals surface area (Å²) in [4.78, 5) is 48.5. The molecule has 1 aromatic heterocycles. The lowest BCUT2D eigenvalue weighted by atomic mass is 10.2. The maximum atomic E-state index is 12.8. The second kappa shape index (κ2) is 10.4. The van der Waals surface area contributed by atoms with Crippen LogP contribution in [-0.4, -0.2) is 89.9 Å². The smallest absolute Gasteiger partial charge is 0.323 e. The minimum absolute atomic E-state index is 0.0227. The van der Waals surface area contributed by atoms with Crippen LogP contribution in [-0.2, 0) is 16.0 Å². The molecule has 2 fully saturated rings. The van der Waals surface area contributed by atoms with Crippen LogP contribution in [0.2, 0.25) is 5.02 Å². The quantitative estimate of drug-likeness (QED) is 0.710. The van der Waals surface area contributed by atoms with Gasteiger partial charge in [0.1, 0.15) is 0 Å². The van der Waals surface area contributed by atoms with Gasteiger partial charge >= 0.3 is 6.03 Å². The minimum Gasteiger partial charge on any atom is -0.367 e. The third-order valence-electron chi connectivity index (χ3n) is 5.94. The van der Waals surface area contributed by atoms with Crippen molar-refractivity contribution in [3.63, 3.8) is 0 Å². The highest BCUT2D eigenvalue weighted by atomic mass is 35.5. The number of hydrogen-bond acceptors (Lipinski definition) is 6. The van der Waals surface area contributed by atoms with Gasteiger partial charge in [-0.05, 0) is 12.1 Å². The van der Waals surface area contributed by atoms with Crippen molar-refractivity contribution < 1.29 is 14.4 Å². The molecule has 0 unspecified atom stereocenters. The van der Waals surface area contributed by atoms with Crippen molar-refractivity contribution in [1.29, 1.82) is 0 Å². The van der Waals surface area contributed by atoms with Gasteiger partial charge in [-0.25, -0.2) is 9.78 Å². The first-order valence-electron chi connectivity index (χ1n) is 10.9. The molecule has 0 saturated carbocycles. The van der Waals surface area contributed by atoms with Gasteiger partial charge in [-0.1, -0.05) is 23.7 Å². The summed E-state index contributed by atoms with van der Waals surface area (Å²) in [6.07, 6.45) is 0.204. The van der Waals surface area contributed by atoms with Crippen LogP contribution in [0.15, 0.2) is 29.6 Å². The van der Waals surface area contributed by atoms with Crippen LogP contribution in [0.3, 0.4) is 0 Å². The summed E-state index contributed by atoms with van der Waals surface area (Å²) in [5, 5.41) is 5.80. The molecule has 0 radical (unpaired) electrons. The highest BCUT2D eigenvalue weighted by Gasteiger charge is 2.25. The second-order valence-electron chi connectivity index (χ2n) is 8.06. The average Bonchev–Trinajstić information content (AvgIpc) is 3.26. The number of rotatable bonds is 4. The molecule has 4 amide bonds. The number of nitrogens with zero attached hydrogens (tertiary/aromatic N) is 5. The topological polar surface area (TPSA) is 89.1 Å². The summed E-state index contributed by atoms with van der Waals surface area (Å²) in [7, 11) is 0. The number of para-hydroxylation sites is 1. The number of aromatic nitrogens is 1. The van der Waals surface area contributed by atoms with E-state index >= 15 is 0 Å². The van der Waals surface area contributed by atoms with E-state index in [2.05, 4.69) is 15.2 Å². The number of anilines is 2. The third-order valence-corrected chi connectivity index (χ3v) is 7.06. The number of amides is 4. The standard InChI is InChI=1S/C22H27ClN6O3S/c1-16(30)26-6-12-29(13-7-26)22(32)25-21-24-17(15-33-21)14-20(31)28-10-8-27(9-11-28)19-5-3-2-4-18(19)23/h2-5,15H,6-14H2,1H3,(H,24,25,32). The molecule has 2 aliphatic heterocycles. The number of piperazine rings is 2. The molecule has 11 heteroatoms. The van der Waals surface area contributed by atoms with Gasteiger partial charge in [0.2, 0.25) is 11.8 Å². The van der Waals surface area contributed by atoms with E-state index in [0.717, 1.165) is 23.8 Å². The third kappa shape index (κ3) is 5.75. The van der Waals surface area contributed by atoms with Crippen LogP contribution < -0.4 is 10.2 Å². The van der Waals surface area contributed by atoms with Crippen molar-refractivity contribution in [2.45, 2.75) is 13.3 Å². The van der Waals surface area contributed by atoms with Crippen LogP contribution in [0.5, 0.6) is 0 Å². The number of halogens is 1. The van der Waals surface area contributed by atoms with Crippen LogP contribution in [0, 0.1) is 0 Å². The number of benzene rings is 1. The summed E-state index contributed by atoms with van der Waals surface area (Å²) in [5.74, 6) is 0.0481. The fourth-order valence-electron chi connectivity index (χ4n) is 4.01. The number of thiazole rings is 1. The predicted molar refractivity (Wildman–Crippen MR) is 129 cm³/mol. The van der Waals surface area contributed by atoms with Crippen molar-refractivity contribution in [3.05, 3.63) is 40.4 Å². The number of urea groups is 1. The van der Waals surface area contributed by atoms with Crippen LogP contribution in [0.4, 0.5) is 15.6 Å². The summed E-state index contributed by atoms with van der Waals surface area (Å²) in [6.45, 7) is 6.29. The Morgan fingerprint density at radius 2 is 1.61 bits per heavy atom. The van der Waals surface area contributed by atoms with E-state index in [0.29, 0.717) is 50.1 Å². The molecular formula is C22H27ClN6O3S. The Bertz CT molecular complexity index is 1020. The number of carbonyl (C=O) groups excluding carboxylic acids is 3. The zero-order chi connectivity index (χ0) is 23.4. The lowest BCUT2D eigenvalue weighted by Crippen LogP contribution is -2.51. The maximum Gasteiger partial charge on any atom is 0.323 e. The van der Waals surface area contributed by atoms with Crippen molar-refractivity contribution in [1.82, 2.24) is 19.7 Å². The summed E-state index contributed by atoms with van der Waals surface area (Å²) < 4.78 is 0. The largest absolute Gasteiger partial charge is 0.367 e. The van der Waals surface area contributed by atoms with Gasteiger partial charge in [0.15, 0.2) is 5.13 Å². The first-order chi connectivity index (χ1) is 15.9. The van der Waals surface area contributed by atoms with Crippen molar-refractivity contribution in [2.24, 2.45) is 0 Å². The molecule has 4 rings (SSSR count). The molecule has 0 spiro atoms. The SMILES string of the molecule is CC(=O)N1CCN(C(=O)Nc2nc(CC(=O)N3CCN(c4ccccc4Cl)CC3)cs2)CC1. The number of nitrogens with one attached hydrogen (secondary N) is 1. The minimum atomic E-state index is -0.235. The molecule has 176 valence electrons. The Morgan fingerprint density at radius 3 is 2.27 bits per heavy atom. The number of hydrogen-bond donors (Lipinski definition) is 1. The Labute approximate surface area is 201 Å². The van der Waals surface area contributed by atoms with Gasteiger partial charge in [-0.2, -0.15) is 0 Å². The molecule has 2 aromatic rings. The van der Waals surface area contributed by atoms with Gasteiger partial charge in [0, 0.05) is 64.7 Å². The van der Waals surface area contributed by atoms with Gasteiger partial charge in [-0.15, -0.1) is 11.3 Å². The molecule has 0 aliphatic carbocycles. The van der Waals surface area contributed by atoms with Crippen molar-refractivity contribution >= 4 is 51.6 Å². The molecule has 0 bridgehead atoms. The normalized spacial score (nSPS) is 16.7. The van der Waals surface area contributed by atoms with Gasteiger partial charge in [-0.3, -0.25) is 14.9 Å². The second-order valence-corrected chi connectivity index (χ2v) is 9.33. The van der Waals surface area contributed by atoms with E-state index in [1.807, 2.05) is 29.2 Å². The number of carbonyl (C=O) groups is 3. The summed E-state index contributed by atoms with van der Waals surface area (Å²) in [5.41, 5.74) is 1.64. The van der Waals surface area contributed by atoms with E-state index in [1.165, 1.54) is 18.3 Å². The maximum absolute atomic E-state index is 12.8. The average molecular weight is 491 g/mol. The van der Waals surface area contributed by atoms with E-state index in [9.17, 15) is 14.4 Å². The first-order valence-corrected chi connectivity index (χ1v) is 12.2. The predicted octanol–water partition coefficient (Wildman–Crippen LogP) is 2.38. The fourth-order valence-corrected chi connectivity index (χ4v) is 4.97. The molecule has 3 heterocycles. The van der Waals surface area contributed by atoms with E-state index in [4.69, 9.17) is 11.6 Å². The highest BCUT2D eigenvalue weighted by molar-refractivity contribution is 7.13. The van der Waals surface area contributed by atoms with Crippen molar-refractivity contribution in [3.8, 4) is 0 Å². The monoisotopic (exact) mass is 490 g/mol. The van der Waals surface area contributed by atoms with Crippen LogP contribution in [0.1, 0.15) is 12.6 Å². The molecular weight excluding hydrogens is 464 g/mol. The fraction of sp³-hybridized carbons (Fsp3) is 0.455. The van der Waals surface area contributed by atoms with Gasteiger partial charge in [0.05, 0.1) is 22.8 Å².